The summed E-state index contributed by atoms with van der Waals surface area (Å²) in [6.45, 7) is 3.98. The van der Waals surface area contributed by atoms with Crippen LogP contribution < -0.4 is 0 Å². The van der Waals surface area contributed by atoms with Gasteiger partial charge in [0.1, 0.15) is 0 Å². The smallest absolute Gasteiger partial charge is 0.303 e. The van der Waals surface area contributed by atoms with Crippen LogP contribution in [0.3, 0.4) is 0 Å². The molecule has 1 amide bonds. The third kappa shape index (κ3) is 4.61. The summed E-state index contributed by atoms with van der Waals surface area (Å²) in [5.74, 6) is -0.807. The van der Waals surface area contributed by atoms with E-state index < -0.39 is 5.97 Å². The van der Waals surface area contributed by atoms with Gasteiger partial charge in [0.2, 0.25) is 5.91 Å². The fourth-order valence-electron chi connectivity index (χ4n) is 1.77. The fourth-order valence-corrected chi connectivity index (χ4v) is 1.77. The molecule has 16 heavy (non-hydrogen) atoms. The number of hydrogen-bond acceptors (Lipinski definition) is 3. The zero-order valence-corrected chi connectivity index (χ0v) is 9.65. The second-order valence-corrected chi connectivity index (χ2v) is 4.12. The molecule has 0 aromatic rings. The number of ether oxygens (including phenoxy) is 1. The molecule has 1 N–H and O–H groups in total. The van der Waals surface area contributed by atoms with Crippen LogP contribution in [0.25, 0.3) is 0 Å². The summed E-state index contributed by atoms with van der Waals surface area (Å²) in [6.07, 6.45) is 1.73. The predicted octanol–water partition coefficient (Wildman–Crippen LogP) is 0.879. The average molecular weight is 229 g/mol. The fraction of sp³-hybridized carbons (Fsp3) is 0.818. The van der Waals surface area contributed by atoms with Crippen molar-refractivity contribution in [2.24, 2.45) is 0 Å². The summed E-state index contributed by atoms with van der Waals surface area (Å²) >= 11 is 0. The number of aliphatic carboxylic acids is 1. The van der Waals surface area contributed by atoms with Crippen LogP contribution in [0.1, 0.15) is 32.6 Å². The van der Waals surface area contributed by atoms with Crippen LogP contribution in [0, 0.1) is 0 Å². The Hall–Kier alpha value is -1.10. The van der Waals surface area contributed by atoms with E-state index in [0.29, 0.717) is 26.0 Å². The topological polar surface area (TPSA) is 66.8 Å². The van der Waals surface area contributed by atoms with Crippen molar-refractivity contribution in [2.45, 2.75) is 38.7 Å². The second kappa shape index (κ2) is 6.48. The molecule has 0 aromatic carbocycles. The molecule has 1 atom stereocenters. The highest BCUT2D eigenvalue weighted by Crippen LogP contribution is 2.08. The molecule has 0 bridgehead atoms. The standard InChI is InChI=1S/C11H19NO4/c1-9-8-12(6-3-7-16-9)10(13)4-2-5-11(14)15/h9H,2-8H2,1H3,(H,14,15). The van der Waals surface area contributed by atoms with Gasteiger partial charge >= 0.3 is 5.97 Å². The Labute approximate surface area is 95.4 Å². The normalized spacial score (nSPS) is 21.6. The number of carboxylic acids is 1. The third-order valence-electron chi connectivity index (χ3n) is 2.59. The lowest BCUT2D eigenvalue weighted by Crippen LogP contribution is -2.35. The minimum atomic E-state index is -0.847. The van der Waals surface area contributed by atoms with Gasteiger partial charge in [0.15, 0.2) is 0 Å². The van der Waals surface area contributed by atoms with Gasteiger partial charge in [-0.15, -0.1) is 0 Å². The third-order valence-corrected chi connectivity index (χ3v) is 2.59. The van der Waals surface area contributed by atoms with E-state index in [1.165, 1.54) is 0 Å². The highest BCUT2D eigenvalue weighted by atomic mass is 16.5. The Bertz CT molecular complexity index is 254. The summed E-state index contributed by atoms with van der Waals surface area (Å²) < 4.78 is 5.44. The first kappa shape index (κ1) is 13.0. The minimum absolute atomic E-state index is 0.0404. The largest absolute Gasteiger partial charge is 0.481 e. The van der Waals surface area contributed by atoms with Gasteiger partial charge in [-0.1, -0.05) is 0 Å². The van der Waals surface area contributed by atoms with Crippen molar-refractivity contribution in [3.05, 3.63) is 0 Å². The van der Waals surface area contributed by atoms with Gasteiger partial charge in [0.05, 0.1) is 6.10 Å². The predicted molar refractivity (Wildman–Crippen MR) is 58.1 cm³/mol. The van der Waals surface area contributed by atoms with Crippen molar-refractivity contribution in [2.75, 3.05) is 19.7 Å². The number of nitrogens with zero attached hydrogens (tertiary/aromatic N) is 1. The zero-order chi connectivity index (χ0) is 12.0. The molecule has 0 aliphatic carbocycles. The van der Waals surface area contributed by atoms with Crippen molar-refractivity contribution >= 4 is 11.9 Å². The summed E-state index contributed by atoms with van der Waals surface area (Å²) in [6, 6.07) is 0. The van der Waals surface area contributed by atoms with E-state index in [1.54, 1.807) is 4.90 Å². The van der Waals surface area contributed by atoms with Crippen LogP contribution in [0.2, 0.25) is 0 Å². The van der Waals surface area contributed by atoms with Crippen LogP contribution in [0.4, 0.5) is 0 Å². The Kier molecular flexibility index (Phi) is 5.25. The number of carbonyl (C=O) groups is 2. The number of carboxylic acid groups (broad SMARTS) is 1. The molecule has 0 radical (unpaired) electrons. The van der Waals surface area contributed by atoms with Gasteiger partial charge < -0.3 is 14.7 Å². The maximum Gasteiger partial charge on any atom is 0.303 e. The summed E-state index contributed by atoms with van der Waals surface area (Å²) in [5.41, 5.74) is 0. The number of hydrogen-bond donors (Lipinski definition) is 1. The SMILES string of the molecule is CC1CN(C(=O)CCCC(=O)O)CCCO1. The van der Waals surface area contributed by atoms with E-state index in [9.17, 15) is 9.59 Å². The first-order chi connectivity index (χ1) is 7.59. The quantitative estimate of drug-likeness (QED) is 0.777. The lowest BCUT2D eigenvalue weighted by molar-refractivity contribution is -0.137. The first-order valence-corrected chi connectivity index (χ1v) is 5.71. The molecule has 0 saturated carbocycles. The summed E-state index contributed by atoms with van der Waals surface area (Å²) in [7, 11) is 0. The Morgan fingerprint density at radius 3 is 2.88 bits per heavy atom. The van der Waals surface area contributed by atoms with Crippen molar-refractivity contribution in [1.82, 2.24) is 4.90 Å². The zero-order valence-electron chi connectivity index (χ0n) is 9.65. The van der Waals surface area contributed by atoms with Gasteiger partial charge in [0, 0.05) is 32.5 Å². The molecule has 1 aliphatic rings. The molecule has 1 unspecified atom stereocenters. The lowest BCUT2D eigenvalue weighted by Gasteiger charge is -2.21. The molecule has 1 aliphatic heterocycles. The number of rotatable bonds is 4. The van der Waals surface area contributed by atoms with E-state index in [1.807, 2.05) is 6.92 Å². The number of carbonyl (C=O) groups excluding carboxylic acids is 1. The van der Waals surface area contributed by atoms with Crippen LogP contribution in [0.15, 0.2) is 0 Å². The van der Waals surface area contributed by atoms with Crippen molar-refractivity contribution < 1.29 is 19.4 Å². The molecule has 0 aromatic heterocycles. The summed E-state index contributed by atoms with van der Waals surface area (Å²) in [5, 5.41) is 8.48. The maximum atomic E-state index is 11.8. The molecular weight excluding hydrogens is 210 g/mol. The molecule has 5 nitrogen and oxygen atoms in total. The summed E-state index contributed by atoms with van der Waals surface area (Å²) in [4.78, 5) is 23.9. The molecule has 0 spiro atoms. The Morgan fingerprint density at radius 2 is 2.19 bits per heavy atom. The molecule has 1 fully saturated rings. The minimum Gasteiger partial charge on any atom is -0.481 e. The van der Waals surface area contributed by atoms with Gasteiger partial charge in [-0.25, -0.2) is 0 Å². The maximum absolute atomic E-state index is 11.8. The molecular formula is C11H19NO4. The molecule has 1 heterocycles. The average Bonchev–Trinajstić information content (AvgIpc) is 2.42. The second-order valence-electron chi connectivity index (χ2n) is 4.12. The lowest BCUT2D eigenvalue weighted by atomic mass is 10.2. The van der Waals surface area contributed by atoms with Crippen LogP contribution in [-0.2, 0) is 14.3 Å². The van der Waals surface area contributed by atoms with E-state index in [4.69, 9.17) is 9.84 Å². The van der Waals surface area contributed by atoms with Gasteiger partial charge in [-0.3, -0.25) is 9.59 Å². The highest BCUT2D eigenvalue weighted by molar-refractivity contribution is 5.77. The Morgan fingerprint density at radius 1 is 1.44 bits per heavy atom. The van der Waals surface area contributed by atoms with Crippen LogP contribution in [-0.4, -0.2) is 47.7 Å². The molecule has 1 rings (SSSR count). The van der Waals surface area contributed by atoms with Crippen molar-refractivity contribution in [3.8, 4) is 0 Å². The first-order valence-electron chi connectivity index (χ1n) is 5.71. The van der Waals surface area contributed by atoms with Crippen molar-refractivity contribution in [1.29, 1.82) is 0 Å². The van der Waals surface area contributed by atoms with E-state index in [-0.39, 0.29) is 18.4 Å². The molecule has 92 valence electrons. The molecule has 5 heteroatoms. The van der Waals surface area contributed by atoms with Gasteiger partial charge in [0.25, 0.3) is 0 Å². The number of amides is 1. The van der Waals surface area contributed by atoms with Gasteiger partial charge in [-0.05, 0) is 19.8 Å². The molecule has 1 saturated heterocycles. The Balaban J connectivity index is 2.31. The van der Waals surface area contributed by atoms with E-state index in [2.05, 4.69) is 0 Å². The van der Waals surface area contributed by atoms with Crippen LogP contribution in [0.5, 0.6) is 0 Å². The van der Waals surface area contributed by atoms with Crippen LogP contribution >= 0.6 is 0 Å². The monoisotopic (exact) mass is 229 g/mol. The van der Waals surface area contributed by atoms with Gasteiger partial charge in [-0.2, -0.15) is 0 Å². The van der Waals surface area contributed by atoms with Crippen molar-refractivity contribution in [3.63, 3.8) is 0 Å². The van der Waals surface area contributed by atoms with E-state index >= 15 is 0 Å². The highest BCUT2D eigenvalue weighted by Gasteiger charge is 2.19. The van der Waals surface area contributed by atoms with E-state index in [0.717, 1.165) is 13.0 Å².